The van der Waals surface area contributed by atoms with E-state index in [2.05, 4.69) is 9.97 Å². The van der Waals surface area contributed by atoms with E-state index in [0.717, 1.165) is 17.8 Å². The Hall–Kier alpha value is -2.81. The van der Waals surface area contributed by atoms with Gasteiger partial charge in [-0.25, -0.2) is 9.97 Å². The number of pyridine rings is 1. The van der Waals surface area contributed by atoms with Crippen LogP contribution in [-0.4, -0.2) is 28.6 Å². The molecule has 0 saturated carbocycles. The standard InChI is InChI=1S/C19H17F3N4OS/c1-12-17(28-16-10-15(25(2)3)8-9-23-16)18(27)26(11-24-12)14-6-4-13(5-7-14)19(20,21)22/h4-11H,1-3H3. The van der Waals surface area contributed by atoms with Crippen LogP contribution in [0.15, 0.2) is 63.6 Å². The van der Waals surface area contributed by atoms with Gasteiger partial charge in [0, 0.05) is 26.0 Å². The quantitative estimate of drug-likeness (QED) is 0.651. The normalized spacial score (nSPS) is 11.5. The number of nitrogens with zero attached hydrogens (tertiary/aromatic N) is 4. The molecule has 2 aromatic heterocycles. The van der Waals surface area contributed by atoms with Crippen LogP contribution >= 0.6 is 11.8 Å². The zero-order chi connectivity index (χ0) is 20.5. The van der Waals surface area contributed by atoms with E-state index in [-0.39, 0.29) is 5.56 Å². The van der Waals surface area contributed by atoms with Crippen molar-refractivity contribution in [1.29, 1.82) is 0 Å². The Balaban J connectivity index is 1.99. The third-order valence-electron chi connectivity index (χ3n) is 4.02. The minimum Gasteiger partial charge on any atom is -0.378 e. The highest BCUT2D eigenvalue weighted by Crippen LogP contribution is 2.30. The molecular formula is C19H17F3N4OS. The van der Waals surface area contributed by atoms with Gasteiger partial charge in [0.2, 0.25) is 0 Å². The maximum absolute atomic E-state index is 12.9. The molecule has 146 valence electrons. The Kier molecular flexibility index (Phi) is 5.46. The van der Waals surface area contributed by atoms with E-state index in [9.17, 15) is 18.0 Å². The number of alkyl halides is 3. The molecule has 0 saturated heterocycles. The molecule has 0 N–H and O–H groups in total. The molecule has 1 aromatic carbocycles. The summed E-state index contributed by atoms with van der Waals surface area (Å²) in [6.45, 7) is 1.70. The molecule has 0 spiro atoms. The SMILES string of the molecule is Cc1ncn(-c2ccc(C(F)(F)F)cc2)c(=O)c1Sc1cc(N(C)C)ccn1. The van der Waals surface area contributed by atoms with Crippen molar-refractivity contribution in [3.05, 3.63) is 70.5 Å². The zero-order valence-corrected chi connectivity index (χ0v) is 16.2. The summed E-state index contributed by atoms with van der Waals surface area (Å²) in [4.78, 5) is 23.7. The van der Waals surface area contributed by atoms with Gasteiger partial charge in [0.15, 0.2) is 0 Å². The molecule has 5 nitrogen and oxygen atoms in total. The summed E-state index contributed by atoms with van der Waals surface area (Å²) in [5.41, 5.74) is 0.623. The van der Waals surface area contributed by atoms with Crippen molar-refractivity contribution in [3.8, 4) is 5.69 Å². The van der Waals surface area contributed by atoms with Crippen LogP contribution in [0.1, 0.15) is 11.3 Å². The van der Waals surface area contributed by atoms with Crippen LogP contribution in [0.25, 0.3) is 5.69 Å². The van der Waals surface area contributed by atoms with Crippen molar-refractivity contribution in [2.45, 2.75) is 23.0 Å². The van der Waals surface area contributed by atoms with Gasteiger partial charge in [-0.2, -0.15) is 13.2 Å². The van der Waals surface area contributed by atoms with Gasteiger partial charge >= 0.3 is 6.18 Å². The summed E-state index contributed by atoms with van der Waals surface area (Å²) in [6, 6.07) is 8.08. The lowest BCUT2D eigenvalue weighted by molar-refractivity contribution is -0.137. The Morgan fingerprint density at radius 2 is 1.75 bits per heavy atom. The Morgan fingerprint density at radius 3 is 2.36 bits per heavy atom. The highest BCUT2D eigenvalue weighted by atomic mass is 32.2. The number of aromatic nitrogens is 3. The predicted molar refractivity (Wildman–Crippen MR) is 102 cm³/mol. The van der Waals surface area contributed by atoms with Gasteiger partial charge in [-0.1, -0.05) is 11.8 Å². The van der Waals surface area contributed by atoms with Gasteiger partial charge in [0.1, 0.15) is 16.2 Å². The molecule has 0 amide bonds. The molecule has 0 aliphatic carbocycles. The largest absolute Gasteiger partial charge is 0.416 e. The summed E-state index contributed by atoms with van der Waals surface area (Å²) in [6.07, 6.45) is -1.47. The van der Waals surface area contributed by atoms with Gasteiger partial charge in [0.05, 0.1) is 16.9 Å². The monoisotopic (exact) mass is 406 g/mol. The Labute approximate surface area is 163 Å². The van der Waals surface area contributed by atoms with E-state index >= 15 is 0 Å². The first-order chi connectivity index (χ1) is 13.2. The van der Waals surface area contributed by atoms with E-state index in [1.807, 2.05) is 31.1 Å². The molecule has 0 fully saturated rings. The van der Waals surface area contributed by atoms with Crippen LogP contribution in [0.2, 0.25) is 0 Å². The molecule has 28 heavy (non-hydrogen) atoms. The van der Waals surface area contributed by atoms with Crippen LogP contribution in [0.4, 0.5) is 18.9 Å². The number of rotatable bonds is 4. The molecule has 0 atom stereocenters. The minimum atomic E-state index is -4.43. The predicted octanol–water partition coefficient (Wildman–Crippen LogP) is 4.17. The first-order valence-electron chi connectivity index (χ1n) is 8.24. The second-order valence-electron chi connectivity index (χ2n) is 6.23. The Bertz CT molecular complexity index is 1050. The summed E-state index contributed by atoms with van der Waals surface area (Å²) in [7, 11) is 3.80. The summed E-state index contributed by atoms with van der Waals surface area (Å²) < 4.78 is 39.5. The van der Waals surface area contributed by atoms with Crippen molar-refractivity contribution in [3.63, 3.8) is 0 Å². The fraction of sp³-hybridized carbons (Fsp3) is 0.211. The van der Waals surface area contributed by atoms with Crippen LogP contribution < -0.4 is 10.5 Å². The third kappa shape index (κ3) is 4.19. The van der Waals surface area contributed by atoms with Crippen LogP contribution in [-0.2, 0) is 6.18 Å². The molecular weight excluding hydrogens is 389 g/mol. The number of benzene rings is 1. The maximum Gasteiger partial charge on any atom is 0.416 e. The maximum atomic E-state index is 12.9. The third-order valence-corrected chi connectivity index (χ3v) is 5.13. The fourth-order valence-corrected chi connectivity index (χ4v) is 3.36. The highest BCUT2D eigenvalue weighted by Gasteiger charge is 2.30. The van der Waals surface area contributed by atoms with Gasteiger partial charge in [-0.3, -0.25) is 9.36 Å². The van der Waals surface area contributed by atoms with Crippen molar-refractivity contribution >= 4 is 17.4 Å². The highest BCUT2D eigenvalue weighted by molar-refractivity contribution is 7.99. The van der Waals surface area contributed by atoms with Crippen molar-refractivity contribution < 1.29 is 13.2 Å². The molecule has 0 radical (unpaired) electrons. The first kappa shape index (κ1) is 19.9. The minimum absolute atomic E-state index is 0.308. The lowest BCUT2D eigenvalue weighted by Crippen LogP contribution is -2.22. The van der Waals surface area contributed by atoms with Gasteiger partial charge < -0.3 is 4.90 Å². The van der Waals surface area contributed by atoms with Crippen molar-refractivity contribution in [1.82, 2.24) is 14.5 Å². The van der Waals surface area contributed by atoms with Gasteiger partial charge in [-0.05, 0) is 43.3 Å². The number of hydrogen-bond donors (Lipinski definition) is 0. The first-order valence-corrected chi connectivity index (χ1v) is 9.05. The van der Waals surface area contributed by atoms with Crippen LogP contribution in [0.5, 0.6) is 0 Å². The van der Waals surface area contributed by atoms with E-state index in [4.69, 9.17) is 0 Å². The Morgan fingerprint density at radius 1 is 1.07 bits per heavy atom. The molecule has 3 rings (SSSR count). The topological polar surface area (TPSA) is 51.0 Å². The van der Waals surface area contributed by atoms with E-state index in [1.54, 1.807) is 13.1 Å². The van der Waals surface area contributed by atoms with E-state index in [0.29, 0.717) is 21.3 Å². The summed E-state index contributed by atoms with van der Waals surface area (Å²) in [5.74, 6) is 0. The molecule has 9 heteroatoms. The second-order valence-corrected chi connectivity index (χ2v) is 7.26. The van der Waals surface area contributed by atoms with E-state index < -0.39 is 11.7 Å². The number of aryl methyl sites for hydroxylation is 1. The summed E-state index contributed by atoms with van der Waals surface area (Å²) in [5, 5.41) is 0.623. The van der Waals surface area contributed by atoms with Crippen LogP contribution in [0.3, 0.4) is 0 Å². The molecule has 2 heterocycles. The van der Waals surface area contributed by atoms with E-state index in [1.165, 1.54) is 34.8 Å². The molecule has 0 aliphatic heterocycles. The molecule has 0 unspecified atom stereocenters. The zero-order valence-electron chi connectivity index (χ0n) is 15.4. The lowest BCUT2D eigenvalue weighted by atomic mass is 10.2. The summed E-state index contributed by atoms with van der Waals surface area (Å²) >= 11 is 1.18. The lowest BCUT2D eigenvalue weighted by Gasteiger charge is -2.14. The van der Waals surface area contributed by atoms with Crippen molar-refractivity contribution in [2.75, 3.05) is 19.0 Å². The number of halogens is 3. The average molecular weight is 406 g/mol. The average Bonchev–Trinajstić information content (AvgIpc) is 2.65. The van der Waals surface area contributed by atoms with Gasteiger partial charge in [-0.15, -0.1) is 0 Å². The second kappa shape index (κ2) is 7.67. The van der Waals surface area contributed by atoms with Crippen LogP contribution in [0, 0.1) is 6.92 Å². The van der Waals surface area contributed by atoms with Gasteiger partial charge in [0.25, 0.3) is 5.56 Å². The van der Waals surface area contributed by atoms with Crippen molar-refractivity contribution in [2.24, 2.45) is 0 Å². The fourth-order valence-electron chi connectivity index (χ4n) is 2.47. The smallest absolute Gasteiger partial charge is 0.378 e. The molecule has 0 aliphatic rings. The molecule has 3 aromatic rings. The number of anilines is 1. The molecule has 0 bridgehead atoms. The number of hydrogen-bond acceptors (Lipinski definition) is 5.